The molecule has 1 amide bonds. The lowest BCUT2D eigenvalue weighted by molar-refractivity contribution is 0.0423. The number of nitrogens with zero attached hydrogens (tertiary/aromatic N) is 3. The van der Waals surface area contributed by atoms with Gasteiger partial charge in [-0.2, -0.15) is 0 Å². The topological polar surface area (TPSA) is 47.0 Å². The summed E-state index contributed by atoms with van der Waals surface area (Å²) in [6, 6.07) is 9.84. The maximum Gasteiger partial charge on any atom is 0.264 e. The van der Waals surface area contributed by atoms with Crippen molar-refractivity contribution in [1.82, 2.24) is 14.7 Å². The lowest BCUT2D eigenvalue weighted by Crippen LogP contribution is -2.53. The number of piperazine rings is 1. The highest BCUT2D eigenvalue weighted by Crippen LogP contribution is 2.33. The van der Waals surface area contributed by atoms with Gasteiger partial charge in [0.05, 0.1) is 20.8 Å². The number of rotatable bonds is 4. The van der Waals surface area contributed by atoms with Gasteiger partial charge in [-0.1, -0.05) is 23.7 Å². The molecule has 5 nitrogen and oxygen atoms in total. The van der Waals surface area contributed by atoms with E-state index in [0.717, 1.165) is 46.0 Å². The van der Waals surface area contributed by atoms with Crippen LogP contribution in [0, 0.1) is 0 Å². The lowest BCUT2D eigenvalue weighted by atomic mass is 10.1. The van der Waals surface area contributed by atoms with Crippen molar-refractivity contribution >= 4 is 60.7 Å². The van der Waals surface area contributed by atoms with E-state index in [1.54, 1.807) is 4.90 Å². The first-order chi connectivity index (χ1) is 13.9. The van der Waals surface area contributed by atoms with Crippen LogP contribution >= 0.6 is 54.8 Å². The van der Waals surface area contributed by atoms with E-state index in [0.29, 0.717) is 18.0 Å². The average molecular weight is 564 g/mol. The molecule has 1 N–H and O–H groups in total. The predicted octanol–water partition coefficient (Wildman–Crippen LogP) is 3.93. The fourth-order valence-corrected chi connectivity index (χ4v) is 6.13. The Hall–Kier alpha value is -0.480. The van der Waals surface area contributed by atoms with Gasteiger partial charge < -0.3 is 10.0 Å². The van der Waals surface area contributed by atoms with Gasteiger partial charge in [-0.3, -0.25) is 14.6 Å². The number of aliphatic hydroxyl groups excluding tert-OH is 1. The molecule has 2 fully saturated rings. The molecule has 0 saturated carbocycles. The van der Waals surface area contributed by atoms with Crippen LogP contribution in [0.15, 0.2) is 38.6 Å². The quantitative estimate of drug-likeness (QED) is 0.613. The van der Waals surface area contributed by atoms with Crippen LogP contribution < -0.4 is 0 Å². The van der Waals surface area contributed by atoms with Crippen LogP contribution in [0.2, 0.25) is 5.02 Å². The molecule has 2 aliphatic rings. The van der Waals surface area contributed by atoms with E-state index in [9.17, 15) is 9.90 Å². The molecular formula is C20H22Br2ClN3O2S. The van der Waals surface area contributed by atoms with Crippen molar-refractivity contribution in [3.05, 3.63) is 54.1 Å². The van der Waals surface area contributed by atoms with Crippen molar-refractivity contribution < 1.29 is 9.90 Å². The molecule has 0 spiro atoms. The number of thiophene rings is 1. The first kappa shape index (κ1) is 21.7. The highest BCUT2D eigenvalue weighted by molar-refractivity contribution is 9.13. The van der Waals surface area contributed by atoms with Gasteiger partial charge in [0.15, 0.2) is 0 Å². The first-order valence-electron chi connectivity index (χ1n) is 9.54. The molecule has 0 aliphatic carbocycles. The largest absolute Gasteiger partial charge is 0.390 e. The highest BCUT2D eigenvalue weighted by atomic mass is 79.9. The SMILES string of the molecule is O=C(c1cc(Br)c(Br)s1)N1CC(O)C(N2CCN(Cc3ccc(Cl)cc3)CC2)C1. The van der Waals surface area contributed by atoms with Crippen LogP contribution in [0.4, 0.5) is 0 Å². The number of amides is 1. The van der Waals surface area contributed by atoms with Crippen LogP contribution in [0.3, 0.4) is 0 Å². The Morgan fingerprint density at radius 3 is 2.45 bits per heavy atom. The number of hydrogen-bond donors (Lipinski definition) is 1. The molecule has 9 heteroatoms. The van der Waals surface area contributed by atoms with Crippen LogP contribution in [0.1, 0.15) is 15.2 Å². The van der Waals surface area contributed by atoms with Crippen LogP contribution in [-0.4, -0.2) is 77.1 Å². The van der Waals surface area contributed by atoms with Crippen molar-refractivity contribution in [3.63, 3.8) is 0 Å². The Morgan fingerprint density at radius 2 is 1.83 bits per heavy atom. The van der Waals surface area contributed by atoms with E-state index in [1.165, 1.54) is 16.9 Å². The third kappa shape index (κ3) is 5.06. The van der Waals surface area contributed by atoms with Crippen molar-refractivity contribution in [1.29, 1.82) is 0 Å². The minimum Gasteiger partial charge on any atom is -0.390 e. The van der Waals surface area contributed by atoms with Gasteiger partial charge in [0.25, 0.3) is 5.91 Å². The molecule has 2 atom stereocenters. The van der Waals surface area contributed by atoms with E-state index < -0.39 is 6.10 Å². The number of likely N-dealkylation sites (tertiary alicyclic amines) is 1. The first-order valence-corrected chi connectivity index (χ1v) is 12.3. The molecule has 2 aliphatic heterocycles. The minimum absolute atomic E-state index is 0.00322. The number of benzene rings is 1. The molecule has 156 valence electrons. The van der Waals surface area contributed by atoms with Crippen molar-refractivity contribution in [3.8, 4) is 0 Å². The Morgan fingerprint density at radius 1 is 1.14 bits per heavy atom. The summed E-state index contributed by atoms with van der Waals surface area (Å²) in [5, 5.41) is 11.4. The molecule has 2 aromatic rings. The van der Waals surface area contributed by atoms with E-state index in [-0.39, 0.29) is 11.9 Å². The standard InChI is InChI=1S/C20H22Br2ClN3O2S/c21-15-9-18(29-19(15)22)20(28)26-11-16(17(27)12-26)25-7-5-24(6-8-25)10-13-1-3-14(23)4-2-13/h1-4,9,16-17,27H,5-8,10-12H2. The molecule has 0 bridgehead atoms. The fraction of sp³-hybridized carbons (Fsp3) is 0.450. The summed E-state index contributed by atoms with van der Waals surface area (Å²) in [7, 11) is 0. The highest BCUT2D eigenvalue weighted by Gasteiger charge is 2.39. The summed E-state index contributed by atoms with van der Waals surface area (Å²) in [4.78, 5) is 20.0. The minimum atomic E-state index is -0.506. The Labute approximate surface area is 196 Å². The van der Waals surface area contributed by atoms with E-state index in [1.807, 2.05) is 18.2 Å². The van der Waals surface area contributed by atoms with Gasteiger partial charge in [-0.25, -0.2) is 0 Å². The predicted molar refractivity (Wildman–Crippen MR) is 124 cm³/mol. The van der Waals surface area contributed by atoms with E-state index in [4.69, 9.17) is 11.6 Å². The Kier molecular flexibility index (Phi) is 7.00. The lowest BCUT2D eigenvalue weighted by Gasteiger charge is -2.38. The van der Waals surface area contributed by atoms with Gasteiger partial charge in [0, 0.05) is 55.3 Å². The number of β-amino-alcohol motifs (C(OH)–C–C–N with tert-alkyl or cyclic N) is 1. The monoisotopic (exact) mass is 561 g/mol. The summed E-state index contributed by atoms with van der Waals surface area (Å²) in [6.45, 7) is 5.56. The Bertz CT molecular complexity index is 852. The van der Waals surface area contributed by atoms with Crippen molar-refractivity contribution in [2.45, 2.75) is 18.7 Å². The number of halogens is 3. The second-order valence-corrected chi connectivity index (χ2v) is 11.2. The zero-order valence-corrected chi connectivity index (χ0v) is 20.5. The number of hydrogen-bond acceptors (Lipinski definition) is 5. The maximum atomic E-state index is 12.8. The van der Waals surface area contributed by atoms with Crippen LogP contribution in [0.5, 0.6) is 0 Å². The van der Waals surface area contributed by atoms with Gasteiger partial charge in [-0.15, -0.1) is 11.3 Å². The summed E-state index contributed by atoms with van der Waals surface area (Å²) in [6.07, 6.45) is -0.506. The Balaban J connectivity index is 1.31. The average Bonchev–Trinajstić information content (AvgIpc) is 3.26. The summed E-state index contributed by atoms with van der Waals surface area (Å²) in [5.41, 5.74) is 1.26. The zero-order valence-electron chi connectivity index (χ0n) is 15.7. The molecule has 2 unspecified atom stereocenters. The third-order valence-corrected chi connectivity index (χ3v) is 9.09. The van der Waals surface area contributed by atoms with Gasteiger partial charge in [0.1, 0.15) is 0 Å². The van der Waals surface area contributed by atoms with Crippen molar-refractivity contribution in [2.24, 2.45) is 0 Å². The van der Waals surface area contributed by atoms with Gasteiger partial charge >= 0.3 is 0 Å². The fourth-order valence-electron chi connectivity index (χ4n) is 4.00. The summed E-state index contributed by atoms with van der Waals surface area (Å²) < 4.78 is 1.80. The second kappa shape index (κ2) is 9.34. The molecule has 0 radical (unpaired) electrons. The van der Waals surface area contributed by atoms with Gasteiger partial charge in [-0.05, 0) is 55.6 Å². The normalized spacial score (nSPS) is 23.7. The second-order valence-electron chi connectivity index (χ2n) is 7.52. The molecule has 4 rings (SSSR count). The molecule has 3 heterocycles. The maximum absolute atomic E-state index is 12.8. The smallest absolute Gasteiger partial charge is 0.264 e. The van der Waals surface area contributed by atoms with Gasteiger partial charge in [0.2, 0.25) is 0 Å². The molecule has 1 aromatic carbocycles. The van der Waals surface area contributed by atoms with Crippen LogP contribution in [0.25, 0.3) is 0 Å². The number of carbonyl (C=O) groups is 1. The van der Waals surface area contributed by atoms with E-state index >= 15 is 0 Å². The van der Waals surface area contributed by atoms with E-state index in [2.05, 4.69) is 53.8 Å². The third-order valence-electron chi connectivity index (χ3n) is 5.60. The molecule has 1 aromatic heterocycles. The van der Waals surface area contributed by atoms with Crippen LogP contribution in [-0.2, 0) is 6.54 Å². The number of carbonyl (C=O) groups excluding carboxylic acids is 1. The number of aliphatic hydroxyl groups is 1. The zero-order chi connectivity index (χ0) is 20.5. The summed E-state index contributed by atoms with van der Waals surface area (Å²) in [5.74, 6) is -0.00988. The molecular weight excluding hydrogens is 542 g/mol. The van der Waals surface area contributed by atoms with Crippen molar-refractivity contribution in [2.75, 3.05) is 39.3 Å². The molecule has 29 heavy (non-hydrogen) atoms. The molecule has 2 saturated heterocycles. The summed E-state index contributed by atoms with van der Waals surface area (Å²) >= 11 is 14.3.